The van der Waals surface area contributed by atoms with Crippen molar-refractivity contribution in [3.8, 4) is 0 Å². The van der Waals surface area contributed by atoms with Gasteiger partial charge in [0.15, 0.2) is 5.76 Å². The number of aryl methyl sites for hydroxylation is 1. The highest BCUT2D eigenvalue weighted by molar-refractivity contribution is 5.91. The molecule has 2 rings (SSSR count). The van der Waals surface area contributed by atoms with Gasteiger partial charge in [-0.15, -0.1) is 0 Å². The third-order valence-corrected chi connectivity index (χ3v) is 4.01. The fourth-order valence-corrected chi connectivity index (χ4v) is 2.78. The summed E-state index contributed by atoms with van der Waals surface area (Å²) in [5.74, 6) is 5.77. The zero-order valence-electron chi connectivity index (χ0n) is 12.5. The number of furan rings is 1. The van der Waals surface area contributed by atoms with Gasteiger partial charge in [0.2, 0.25) is 0 Å². The van der Waals surface area contributed by atoms with Crippen molar-refractivity contribution in [1.29, 1.82) is 0 Å². The second-order valence-corrected chi connectivity index (χ2v) is 5.64. The molecule has 0 radical (unpaired) electrons. The molecule has 0 saturated carbocycles. The molecule has 2 heterocycles. The molecule has 1 atom stereocenters. The van der Waals surface area contributed by atoms with Gasteiger partial charge in [-0.1, -0.05) is 0 Å². The van der Waals surface area contributed by atoms with Crippen LogP contribution in [-0.2, 0) is 6.54 Å². The van der Waals surface area contributed by atoms with Gasteiger partial charge in [-0.2, -0.15) is 0 Å². The normalized spacial score (nSPS) is 19.8. The van der Waals surface area contributed by atoms with Crippen molar-refractivity contribution < 1.29 is 9.21 Å². The van der Waals surface area contributed by atoms with Gasteiger partial charge in [-0.25, -0.2) is 5.84 Å². The van der Waals surface area contributed by atoms with E-state index in [1.54, 1.807) is 6.07 Å². The Morgan fingerprint density at radius 2 is 2.40 bits per heavy atom. The smallest absolute Gasteiger partial charge is 0.300 e. The Balaban J connectivity index is 1.95. The first-order valence-electron chi connectivity index (χ1n) is 7.00. The first-order valence-corrected chi connectivity index (χ1v) is 7.00. The average Bonchev–Trinajstić information content (AvgIpc) is 2.96. The third-order valence-electron chi connectivity index (χ3n) is 4.01. The minimum absolute atomic E-state index is 0.270. The number of hydrazine groups is 1. The van der Waals surface area contributed by atoms with Crippen LogP contribution in [0.4, 0.5) is 0 Å². The molecule has 3 N–H and O–H groups in total. The molecule has 0 aromatic carbocycles. The van der Waals surface area contributed by atoms with Gasteiger partial charge in [-0.3, -0.25) is 10.2 Å². The Kier molecular flexibility index (Phi) is 4.80. The number of nitrogens with two attached hydrogens (primary N) is 1. The molecule has 1 amide bonds. The van der Waals surface area contributed by atoms with E-state index in [1.165, 1.54) is 19.4 Å². The SMILES string of the molecule is Cc1oc(C(=O)NN)cc1CN(C)CC1CCCN1C. The maximum absolute atomic E-state index is 11.4. The first kappa shape index (κ1) is 15.0. The number of nitrogens with one attached hydrogen (secondary N) is 1. The first-order chi connectivity index (χ1) is 9.51. The zero-order valence-corrected chi connectivity index (χ0v) is 12.5. The largest absolute Gasteiger partial charge is 0.456 e. The average molecular weight is 280 g/mol. The second kappa shape index (κ2) is 6.39. The molecular formula is C14H24N4O2. The van der Waals surface area contributed by atoms with Crippen molar-refractivity contribution in [2.24, 2.45) is 5.84 Å². The van der Waals surface area contributed by atoms with Crippen LogP contribution in [0.5, 0.6) is 0 Å². The lowest BCUT2D eigenvalue weighted by molar-refractivity contribution is 0.0924. The van der Waals surface area contributed by atoms with Crippen molar-refractivity contribution in [3.63, 3.8) is 0 Å². The molecule has 1 aromatic rings. The minimum Gasteiger partial charge on any atom is -0.456 e. The lowest BCUT2D eigenvalue weighted by atomic mass is 10.2. The summed E-state index contributed by atoms with van der Waals surface area (Å²) in [6.45, 7) is 4.86. The van der Waals surface area contributed by atoms with Crippen LogP contribution in [-0.4, -0.2) is 48.9 Å². The van der Waals surface area contributed by atoms with E-state index in [0.717, 1.165) is 24.4 Å². The van der Waals surface area contributed by atoms with Gasteiger partial charge < -0.3 is 14.2 Å². The van der Waals surface area contributed by atoms with E-state index in [-0.39, 0.29) is 5.76 Å². The van der Waals surface area contributed by atoms with Crippen LogP contribution in [0.1, 0.15) is 34.7 Å². The van der Waals surface area contributed by atoms with Crippen molar-refractivity contribution >= 4 is 5.91 Å². The number of nitrogens with zero attached hydrogens (tertiary/aromatic N) is 2. The van der Waals surface area contributed by atoms with Crippen LogP contribution in [0, 0.1) is 6.92 Å². The summed E-state index contributed by atoms with van der Waals surface area (Å²) in [6, 6.07) is 2.39. The molecule has 6 heteroatoms. The molecule has 6 nitrogen and oxygen atoms in total. The molecule has 112 valence electrons. The van der Waals surface area contributed by atoms with E-state index in [0.29, 0.717) is 6.04 Å². The van der Waals surface area contributed by atoms with Crippen molar-refractivity contribution in [2.75, 3.05) is 27.2 Å². The third kappa shape index (κ3) is 3.39. The summed E-state index contributed by atoms with van der Waals surface area (Å²) in [5.41, 5.74) is 3.12. The quantitative estimate of drug-likeness (QED) is 0.472. The van der Waals surface area contributed by atoms with E-state index >= 15 is 0 Å². The van der Waals surface area contributed by atoms with Gasteiger partial charge in [0.1, 0.15) is 5.76 Å². The van der Waals surface area contributed by atoms with Crippen molar-refractivity contribution in [2.45, 2.75) is 32.4 Å². The summed E-state index contributed by atoms with van der Waals surface area (Å²) >= 11 is 0. The monoisotopic (exact) mass is 280 g/mol. The van der Waals surface area contributed by atoms with Crippen LogP contribution in [0.2, 0.25) is 0 Å². The number of nitrogen functional groups attached to an aromatic ring is 1. The van der Waals surface area contributed by atoms with Crippen molar-refractivity contribution in [3.05, 3.63) is 23.2 Å². The molecule has 0 bridgehead atoms. The van der Waals surface area contributed by atoms with Gasteiger partial charge in [0.25, 0.3) is 0 Å². The predicted octanol–water partition coefficient (Wildman–Crippen LogP) is 0.718. The predicted molar refractivity (Wildman–Crippen MR) is 77.1 cm³/mol. The molecule has 1 fully saturated rings. The summed E-state index contributed by atoms with van der Waals surface area (Å²) in [7, 11) is 4.28. The van der Waals surface area contributed by atoms with Gasteiger partial charge in [-0.05, 0) is 46.5 Å². The number of hydrogen-bond acceptors (Lipinski definition) is 5. The molecule has 1 saturated heterocycles. The lowest BCUT2D eigenvalue weighted by Gasteiger charge is -2.25. The van der Waals surface area contributed by atoms with Crippen LogP contribution in [0.3, 0.4) is 0 Å². The zero-order chi connectivity index (χ0) is 14.7. The van der Waals surface area contributed by atoms with E-state index in [1.807, 2.05) is 6.92 Å². The van der Waals surface area contributed by atoms with Crippen LogP contribution >= 0.6 is 0 Å². The topological polar surface area (TPSA) is 74.7 Å². The highest BCUT2D eigenvalue weighted by Crippen LogP contribution is 2.19. The molecule has 1 aromatic heterocycles. The number of amides is 1. The number of hydrogen-bond donors (Lipinski definition) is 2. The number of carbonyl (C=O) groups is 1. The van der Waals surface area contributed by atoms with Crippen molar-refractivity contribution in [1.82, 2.24) is 15.2 Å². The second-order valence-electron chi connectivity index (χ2n) is 5.64. The Morgan fingerprint density at radius 3 is 3.00 bits per heavy atom. The lowest BCUT2D eigenvalue weighted by Crippen LogP contribution is -2.36. The van der Waals surface area contributed by atoms with Crippen LogP contribution in [0.15, 0.2) is 10.5 Å². The summed E-state index contributed by atoms with van der Waals surface area (Å²) in [6.07, 6.45) is 2.53. The minimum atomic E-state index is -0.391. The molecule has 1 aliphatic heterocycles. The Bertz CT molecular complexity index is 472. The summed E-state index contributed by atoms with van der Waals surface area (Å²) < 4.78 is 5.43. The van der Waals surface area contributed by atoms with Gasteiger partial charge >= 0.3 is 5.91 Å². The molecule has 1 aliphatic rings. The van der Waals surface area contributed by atoms with Crippen LogP contribution in [0.25, 0.3) is 0 Å². The number of likely N-dealkylation sites (tertiary alicyclic amines) is 1. The summed E-state index contributed by atoms with van der Waals surface area (Å²) in [4.78, 5) is 16.1. The molecular weight excluding hydrogens is 256 g/mol. The molecule has 0 spiro atoms. The maximum Gasteiger partial charge on any atom is 0.300 e. The highest BCUT2D eigenvalue weighted by atomic mass is 16.4. The van der Waals surface area contributed by atoms with E-state index in [2.05, 4.69) is 29.3 Å². The molecule has 20 heavy (non-hydrogen) atoms. The molecule has 0 aliphatic carbocycles. The fraction of sp³-hybridized carbons (Fsp3) is 0.643. The van der Waals surface area contributed by atoms with Gasteiger partial charge in [0, 0.05) is 24.7 Å². The Morgan fingerprint density at radius 1 is 1.65 bits per heavy atom. The van der Waals surface area contributed by atoms with Crippen LogP contribution < -0.4 is 11.3 Å². The van der Waals surface area contributed by atoms with Gasteiger partial charge in [0.05, 0.1) is 0 Å². The van der Waals surface area contributed by atoms with E-state index < -0.39 is 5.91 Å². The molecule has 1 unspecified atom stereocenters. The summed E-state index contributed by atoms with van der Waals surface area (Å²) in [5, 5.41) is 0. The Hall–Kier alpha value is -1.37. The van der Waals surface area contributed by atoms with E-state index in [9.17, 15) is 4.79 Å². The maximum atomic E-state index is 11.4. The standard InChI is InChI=1S/C14H24N4O2/c1-10-11(7-13(20-10)14(19)16-15)8-17(2)9-12-5-4-6-18(12)3/h7,12H,4-6,8-9,15H2,1-3H3,(H,16,19). The fourth-order valence-electron chi connectivity index (χ4n) is 2.78. The van der Waals surface area contributed by atoms with E-state index in [4.69, 9.17) is 10.3 Å². The Labute approximate surface area is 119 Å². The number of carbonyl (C=O) groups excluding carboxylic acids is 1. The number of rotatable bonds is 5. The number of likely N-dealkylation sites (N-methyl/N-ethyl adjacent to an activating group) is 2. The highest BCUT2D eigenvalue weighted by Gasteiger charge is 2.22.